The lowest BCUT2D eigenvalue weighted by Crippen LogP contribution is -2.48. The predicted octanol–water partition coefficient (Wildman–Crippen LogP) is 3.77. The van der Waals surface area contributed by atoms with E-state index in [1.807, 2.05) is 24.1 Å². The Hall–Kier alpha value is -1.56. The average molecular weight is 382 g/mol. The summed E-state index contributed by atoms with van der Waals surface area (Å²) in [5, 5.41) is 8.23. The van der Waals surface area contributed by atoms with Crippen LogP contribution in [0.25, 0.3) is 11.3 Å². The third kappa shape index (κ3) is 3.68. The summed E-state index contributed by atoms with van der Waals surface area (Å²) < 4.78 is 5.35. The van der Waals surface area contributed by atoms with Crippen LogP contribution < -0.4 is 5.32 Å². The molecule has 2 aliphatic rings. The molecule has 0 aliphatic carbocycles. The van der Waals surface area contributed by atoms with Gasteiger partial charge in [-0.15, -0.1) is 12.4 Å². The number of aromatic nitrogens is 1. The van der Waals surface area contributed by atoms with E-state index in [4.69, 9.17) is 16.1 Å². The van der Waals surface area contributed by atoms with E-state index in [0.29, 0.717) is 28.6 Å². The molecule has 1 N–H and O–H groups in total. The molecule has 0 saturated carbocycles. The zero-order chi connectivity index (χ0) is 16.7. The molecule has 2 unspecified atom stereocenters. The molecule has 2 aliphatic heterocycles. The van der Waals surface area contributed by atoms with Crippen molar-refractivity contribution in [2.45, 2.75) is 43.8 Å². The molecule has 1 amide bonds. The second-order valence-electron chi connectivity index (χ2n) is 6.76. The van der Waals surface area contributed by atoms with E-state index in [-0.39, 0.29) is 24.4 Å². The molecular formula is C18H21Cl2N3O2. The van der Waals surface area contributed by atoms with Crippen molar-refractivity contribution in [3.8, 4) is 11.3 Å². The highest BCUT2D eigenvalue weighted by molar-refractivity contribution is 6.30. The molecule has 0 spiro atoms. The topological polar surface area (TPSA) is 58.4 Å². The number of amides is 1. The summed E-state index contributed by atoms with van der Waals surface area (Å²) in [6.45, 7) is 0. The summed E-state index contributed by atoms with van der Waals surface area (Å²) in [5.41, 5.74) is 1.21. The van der Waals surface area contributed by atoms with Gasteiger partial charge in [0, 0.05) is 41.8 Å². The maximum absolute atomic E-state index is 12.7. The van der Waals surface area contributed by atoms with E-state index < -0.39 is 0 Å². The minimum Gasteiger partial charge on any atom is -0.355 e. The largest absolute Gasteiger partial charge is 0.355 e. The first kappa shape index (κ1) is 18.2. The zero-order valence-corrected chi connectivity index (χ0v) is 15.5. The fourth-order valence-corrected chi connectivity index (χ4v) is 3.94. The number of nitrogens with zero attached hydrogens (tertiary/aromatic N) is 2. The first-order valence-electron chi connectivity index (χ1n) is 8.36. The minimum absolute atomic E-state index is 0. The van der Waals surface area contributed by atoms with Crippen LogP contribution in [-0.2, 0) is 0 Å². The minimum atomic E-state index is -0.0785. The van der Waals surface area contributed by atoms with E-state index in [1.165, 1.54) is 12.8 Å². The highest BCUT2D eigenvalue weighted by atomic mass is 35.5. The van der Waals surface area contributed by atoms with Gasteiger partial charge in [-0.1, -0.05) is 16.8 Å². The second-order valence-corrected chi connectivity index (χ2v) is 7.20. The highest BCUT2D eigenvalue weighted by Crippen LogP contribution is 2.30. The second kappa shape index (κ2) is 7.36. The van der Waals surface area contributed by atoms with Crippen LogP contribution in [0.2, 0.25) is 5.02 Å². The number of hydrogen-bond acceptors (Lipinski definition) is 4. The highest BCUT2D eigenvalue weighted by Gasteiger charge is 2.37. The van der Waals surface area contributed by atoms with Crippen molar-refractivity contribution in [2.24, 2.45) is 0 Å². The quantitative estimate of drug-likeness (QED) is 0.878. The SMILES string of the molecule is CN(C(=O)c1cc(-c2ccc(Cl)cc2)on1)C1CC2CCC(C1)N2.Cl. The van der Waals surface area contributed by atoms with Crippen molar-refractivity contribution in [1.29, 1.82) is 0 Å². The van der Waals surface area contributed by atoms with Gasteiger partial charge >= 0.3 is 0 Å². The van der Waals surface area contributed by atoms with E-state index >= 15 is 0 Å². The molecule has 25 heavy (non-hydrogen) atoms. The van der Waals surface area contributed by atoms with E-state index in [1.54, 1.807) is 18.2 Å². The Morgan fingerprint density at radius 1 is 1.24 bits per heavy atom. The number of carbonyl (C=O) groups excluding carboxylic acids is 1. The van der Waals surface area contributed by atoms with Crippen molar-refractivity contribution in [1.82, 2.24) is 15.4 Å². The third-order valence-corrected chi connectivity index (χ3v) is 5.43. The predicted molar refractivity (Wildman–Crippen MR) is 99.3 cm³/mol. The van der Waals surface area contributed by atoms with Crippen LogP contribution in [0.1, 0.15) is 36.2 Å². The molecule has 2 saturated heterocycles. The summed E-state index contributed by atoms with van der Waals surface area (Å²) in [6.07, 6.45) is 4.46. The normalized spacial score (nSPS) is 24.6. The fraction of sp³-hybridized carbons (Fsp3) is 0.444. The summed E-state index contributed by atoms with van der Waals surface area (Å²) in [7, 11) is 1.87. The molecule has 1 aromatic carbocycles. The van der Waals surface area contributed by atoms with Crippen LogP contribution >= 0.6 is 24.0 Å². The van der Waals surface area contributed by atoms with Crippen LogP contribution in [0.5, 0.6) is 0 Å². The number of carbonyl (C=O) groups is 1. The lowest BCUT2D eigenvalue weighted by Gasteiger charge is -2.35. The van der Waals surface area contributed by atoms with Crippen LogP contribution in [-0.4, -0.2) is 41.1 Å². The molecule has 3 heterocycles. The maximum Gasteiger partial charge on any atom is 0.276 e. The monoisotopic (exact) mass is 381 g/mol. The maximum atomic E-state index is 12.7. The van der Waals surface area contributed by atoms with Gasteiger partial charge < -0.3 is 14.7 Å². The van der Waals surface area contributed by atoms with Gasteiger partial charge in [0.05, 0.1) is 0 Å². The number of nitrogens with one attached hydrogen (secondary N) is 1. The standard InChI is InChI=1S/C18H20ClN3O2.ClH/c1-22(15-8-13-6-7-14(9-15)20-13)18(23)16-10-17(24-21-16)11-2-4-12(19)5-3-11;/h2-5,10,13-15,20H,6-9H2,1H3;1H. The Labute approximate surface area is 158 Å². The summed E-state index contributed by atoms with van der Waals surface area (Å²) >= 11 is 5.90. The van der Waals surface area contributed by atoms with E-state index in [2.05, 4.69) is 10.5 Å². The van der Waals surface area contributed by atoms with Crippen LogP contribution in [0, 0.1) is 0 Å². The van der Waals surface area contributed by atoms with Gasteiger partial charge in [0.1, 0.15) is 0 Å². The molecule has 2 bridgehead atoms. The molecule has 0 radical (unpaired) electrons. The van der Waals surface area contributed by atoms with Gasteiger partial charge in [0.2, 0.25) is 0 Å². The zero-order valence-electron chi connectivity index (χ0n) is 13.9. The van der Waals surface area contributed by atoms with Gasteiger partial charge in [-0.3, -0.25) is 4.79 Å². The lowest BCUT2D eigenvalue weighted by atomic mass is 9.98. The number of halogens is 2. The van der Waals surface area contributed by atoms with Crippen LogP contribution in [0.15, 0.2) is 34.9 Å². The smallest absolute Gasteiger partial charge is 0.276 e. The first-order valence-corrected chi connectivity index (χ1v) is 8.74. The van der Waals surface area contributed by atoms with Crippen LogP contribution in [0.4, 0.5) is 0 Å². The summed E-state index contributed by atoms with van der Waals surface area (Å²) in [6, 6.07) is 10.4. The molecule has 2 aromatic rings. The van der Waals surface area contributed by atoms with Gasteiger partial charge in [-0.2, -0.15) is 0 Å². The Kier molecular flexibility index (Phi) is 5.37. The van der Waals surface area contributed by atoms with Crippen molar-refractivity contribution < 1.29 is 9.32 Å². The molecule has 7 heteroatoms. The number of rotatable bonds is 3. The third-order valence-electron chi connectivity index (χ3n) is 5.17. The van der Waals surface area contributed by atoms with Gasteiger partial charge in [-0.25, -0.2) is 0 Å². The Morgan fingerprint density at radius 2 is 1.88 bits per heavy atom. The number of piperidine rings is 1. The van der Waals surface area contributed by atoms with Crippen molar-refractivity contribution in [3.05, 3.63) is 41.0 Å². The van der Waals surface area contributed by atoms with Crippen molar-refractivity contribution in [3.63, 3.8) is 0 Å². The average Bonchev–Trinajstić information content (AvgIpc) is 3.21. The molecule has 2 atom stereocenters. The fourth-order valence-electron chi connectivity index (χ4n) is 3.82. The molecule has 4 rings (SSSR count). The van der Waals surface area contributed by atoms with E-state index in [0.717, 1.165) is 18.4 Å². The number of hydrogen-bond donors (Lipinski definition) is 1. The van der Waals surface area contributed by atoms with E-state index in [9.17, 15) is 4.79 Å². The molecule has 134 valence electrons. The van der Waals surface area contributed by atoms with Crippen molar-refractivity contribution in [2.75, 3.05) is 7.05 Å². The van der Waals surface area contributed by atoms with Crippen molar-refractivity contribution >= 4 is 29.9 Å². The first-order chi connectivity index (χ1) is 11.6. The lowest BCUT2D eigenvalue weighted by molar-refractivity contribution is 0.0671. The Bertz CT molecular complexity index is 735. The Morgan fingerprint density at radius 3 is 2.52 bits per heavy atom. The molecule has 1 aromatic heterocycles. The van der Waals surface area contributed by atoms with Gasteiger partial charge in [0.25, 0.3) is 5.91 Å². The van der Waals surface area contributed by atoms with Gasteiger partial charge in [0.15, 0.2) is 11.5 Å². The number of fused-ring (bicyclic) bond motifs is 2. The number of benzene rings is 1. The summed E-state index contributed by atoms with van der Waals surface area (Å²) in [5.74, 6) is 0.499. The summed E-state index contributed by atoms with van der Waals surface area (Å²) in [4.78, 5) is 14.6. The van der Waals surface area contributed by atoms with Crippen LogP contribution in [0.3, 0.4) is 0 Å². The molecule has 2 fully saturated rings. The Balaban J connectivity index is 0.00000182. The van der Waals surface area contributed by atoms with Gasteiger partial charge in [-0.05, 0) is 49.9 Å². The molecular weight excluding hydrogens is 361 g/mol. The molecule has 5 nitrogen and oxygen atoms in total.